The average Bonchev–Trinajstić information content (AvgIpc) is 2.54. The summed E-state index contributed by atoms with van der Waals surface area (Å²) >= 11 is 0. The van der Waals surface area contributed by atoms with Crippen LogP contribution in [0.15, 0.2) is 12.7 Å². The Labute approximate surface area is 84.7 Å². The first-order chi connectivity index (χ1) is 6.54. The zero-order valence-electron chi connectivity index (χ0n) is 8.05. The summed E-state index contributed by atoms with van der Waals surface area (Å²) in [7, 11) is -3.63. The van der Waals surface area contributed by atoms with E-state index < -0.39 is 10.2 Å². The fourth-order valence-corrected chi connectivity index (χ4v) is 2.13. The van der Waals surface area contributed by atoms with Crippen molar-refractivity contribution >= 4 is 10.2 Å². The van der Waals surface area contributed by atoms with E-state index in [1.807, 2.05) is 0 Å². The van der Waals surface area contributed by atoms with Gasteiger partial charge in [-0.25, -0.2) is 5.14 Å². The molecule has 5 nitrogen and oxygen atoms in total. The Balaban J connectivity index is 2.54. The zero-order chi connectivity index (χ0) is 10.6. The Hall–Kier alpha value is -0.430. The standard InChI is InChI=1S/C8H16N2O3S/c1-2-5-10(14(9,11)12)7-8-4-3-6-13-8/h2,8H,1,3-7H2,(H2,9,11,12). The zero-order valence-corrected chi connectivity index (χ0v) is 8.87. The van der Waals surface area contributed by atoms with E-state index in [2.05, 4.69) is 6.58 Å². The highest BCUT2D eigenvalue weighted by Gasteiger charge is 2.23. The molecule has 1 aliphatic heterocycles. The highest BCUT2D eigenvalue weighted by atomic mass is 32.2. The molecule has 0 aromatic heterocycles. The minimum atomic E-state index is -3.63. The van der Waals surface area contributed by atoms with Crippen molar-refractivity contribution in [2.24, 2.45) is 5.14 Å². The molecule has 0 aromatic carbocycles. The molecule has 0 aliphatic carbocycles. The van der Waals surface area contributed by atoms with Crippen molar-refractivity contribution in [1.29, 1.82) is 0 Å². The molecule has 1 saturated heterocycles. The van der Waals surface area contributed by atoms with Gasteiger partial charge >= 0.3 is 0 Å². The molecule has 0 amide bonds. The Morgan fingerprint density at radius 2 is 2.36 bits per heavy atom. The van der Waals surface area contributed by atoms with Crippen molar-refractivity contribution in [3.05, 3.63) is 12.7 Å². The van der Waals surface area contributed by atoms with Crippen molar-refractivity contribution in [2.45, 2.75) is 18.9 Å². The second-order valence-corrected chi connectivity index (χ2v) is 4.83. The molecule has 1 heterocycles. The predicted molar refractivity (Wildman–Crippen MR) is 53.9 cm³/mol. The van der Waals surface area contributed by atoms with Crippen LogP contribution in [0, 0.1) is 0 Å². The van der Waals surface area contributed by atoms with Gasteiger partial charge in [-0.3, -0.25) is 0 Å². The average molecular weight is 220 g/mol. The van der Waals surface area contributed by atoms with Gasteiger partial charge in [0.25, 0.3) is 10.2 Å². The maximum Gasteiger partial charge on any atom is 0.277 e. The molecular formula is C8H16N2O3S. The van der Waals surface area contributed by atoms with Gasteiger partial charge in [0.15, 0.2) is 0 Å². The number of hydrogen-bond donors (Lipinski definition) is 1. The van der Waals surface area contributed by atoms with E-state index in [4.69, 9.17) is 9.88 Å². The molecule has 1 atom stereocenters. The lowest BCUT2D eigenvalue weighted by atomic mass is 10.2. The molecule has 2 N–H and O–H groups in total. The van der Waals surface area contributed by atoms with E-state index >= 15 is 0 Å². The number of nitrogens with zero attached hydrogens (tertiary/aromatic N) is 1. The van der Waals surface area contributed by atoms with Crippen LogP contribution in [0.2, 0.25) is 0 Å². The van der Waals surface area contributed by atoms with Crippen LogP contribution in [0.1, 0.15) is 12.8 Å². The van der Waals surface area contributed by atoms with Gasteiger partial charge in [-0.2, -0.15) is 12.7 Å². The highest BCUT2D eigenvalue weighted by Crippen LogP contribution is 2.14. The van der Waals surface area contributed by atoms with Crippen LogP contribution in [0.4, 0.5) is 0 Å². The minimum Gasteiger partial charge on any atom is -0.377 e. The van der Waals surface area contributed by atoms with E-state index in [0.29, 0.717) is 13.2 Å². The monoisotopic (exact) mass is 220 g/mol. The third-order valence-corrected chi connectivity index (χ3v) is 3.14. The first-order valence-electron chi connectivity index (χ1n) is 4.54. The van der Waals surface area contributed by atoms with E-state index in [9.17, 15) is 8.42 Å². The molecule has 0 saturated carbocycles. The van der Waals surface area contributed by atoms with Gasteiger partial charge < -0.3 is 4.74 Å². The van der Waals surface area contributed by atoms with Crippen molar-refractivity contribution in [3.8, 4) is 0 Å². The Morgan fingerprint density at radius 1 is 1.64 bits per heavy atom. The van der Waals surface area contributed by atoms with Gasteiger partial charge in [-0.1, -0.05) is 6.08 Å². The molecule has 82 valence electrons. The second-order valence-electron chi connectivity index (χ2n) is 3.29. The first kappa shape index (κ1) is 11.6. The number of hydrogen-bond acceptors (Lipinski definition) is 3. The number of ether oxygens (including phenoxy) is 1. The van der Waals surface area contributed by atoms with E-state index in [1.165, 1.54) is 10.4 Å². The van der Waals surface area contributed by atoms with E-state index in [-0.39, 0.29) is 12.6 Å². The third kappa shape index (κ3) is 3.38. The van der Waals surface area contributed by atoms with E-state index in [0.717, 1.165) is 12.8 Å². The summed E-state index contributed by atoms with van der Waals surface area (Å²) in [5.41, 5.74) is 0. The molecule has 0 bridgehead atoms. The van der Waals surface area contributed by atoms with E-state index in [1.54, 1.807) is 0 Å². The van der Waals surface area contributed by atoms with Gasteiger partial charge in [0.05, 0.1) is 6.10 Å². The SMILES string of the molecule is C=CCN(CC1CCCO1)S(N)(=O)=O. The smallest absolute Gasteiger partial charge is 0.277 e. The molecule has 6 heteroatoms. The number of nitrogens with two attached hydrogens (primary N) is 1. The number of rotatable bonds is 5. The molecule has 0 spiro atoms. The van der Waals surface area contributed by atoms with Crippen molar-refractivity contribution in [3.63, 3.8) is 0 Å². The Bertz CT molecular complexity index is 283. The van der Waals surface area contributed by atoms with Gasteiger partial charge in [0.2, 0.25) is 0 Å². The van der Waals surface area contributed by atoms with Gasteiger partial charge in [0.1, 0.15) is 0 Å². The van der Waals surface area contributed by atoms with Crippen LogP contribution in [0.3, 0.4) is 0 Å². The second kappa shape index (κ2) is 4.88. The quantitative estimate of drug-likeness (QED) is 0.655. The summed E-state index contributed by atoms with van der Waals surface area (Å²) in [6.45, 7) is 4.75. The maximum absolute atomic E-state index is 11.1. The van der Waals surface area contributed by atoms with Gasteiger partial charge in [-0.05, 0) is 12.8 Å². The lowest BCUT2D eigenvalue weighted by Crippen LogP contribution is -2.41. The molecule has 0 radical (unpaired) electrons. The normalized spacial score (nSPS) is 22.9. The fourth-order valence-electron chi connectivity index (χ4n) is 1.44. The van der Waals surface area contributed by atoms with Crippen LogP contribution in [-0.2, 0) is 14.9 Å². The Morgan fingerprint density at radius 3 is 2.79 bits per heavy atom. The van der Waals surface area contributed by atoms with Gasteiger partial charge in [-0.15, -0.1) is 6.58 Å². The summed E-state index contributed by atoms with van der Waals surface area (Å²) in [4.78, 5) is 0. The topological polar surface area (TPSA) is 72.6 Å². The molecule has 1 aliphatic rings. The first-order valence-corrected chi connectivity index (χ1v) is 6.04. The highest BCUT2D eigenvalue weighted by molar-refractivity contribution is 7.86. The molecule has 14 heavy (non-hydrogen) atoms. The van der Waals surface area contributed by atoms with Crippen LogP contribution in [-0.4, -0.2) is 38.5 Å². The molecule has 1 unspecified atom stereocenters. The maximum atomic E-state index is 11.1. The summed E-state index contributed by atoms with van der Waals surface area (Å²) < 4.78 is 28.7. The lowest BCUT2D eigenvalue weighted by Gasteiger charge is -2.20. The largest absolute Gasteiger partial charge is 0.377 e. The predicted octanol–water partition coefficient (Wildman–Crippen LogP) is -0.143. The summed E-state index contributed by atoms with van der Waals surface area (Å²) in [6.07, 6.45) is 3.37. The van der Waals surface area contributed by atoms with Crippen LogP contribution >= 0.6 is 0 Å². The van der Waals surface area contributed by atoms with Crippen LogP contribution < -0.4 is 5.14 Å². The summed E-state index contributed by atoms with van der Waals surface area (Å²) in [5, 5.41) is 5.04. The molecule has 0 aromatic rings. The van der Waals surface area contributed by atoms with Crippen molar-refractivity contribution < 1.29 is 13.2 Å². The minimum absolute atomic E-state index is 0.0201. The fraction of sp³-hybridized carbons (Fsp3) is 0.750. The molecular weight excluding hydrogens is 204 g/mol. The molecule has 1 rings (SSSR count). The van der Waals surface area contributed by atoms with Crippen LogP contribution in [0.5, 0.6) is 0 Å². The Kier molecular flexibility index (Phi) is 4.06. The molecule has 1 fully saturated rings. The van der Waals surface area contributed by atoms with Crippen LogP contribution in [0.25, 0.3) is 0 Å². The van der Waals surface area contributed by atoms with Gasteiger partial charge in [0, 0.05) is 19.7 Å². The third-order valence-electron chi connectivity index (χ3n) is 2.12. The summed E-state index contributed by atoms with van der Waals surface area (Å²) in [5.74, 6) is 0. The lowest BCUT2D eigenvalue weighted by molar-refractivity contribution is 0.0957. The van der Waals surface area contributed by atoms with Crippen molar-refractivity contribution in [2.75, 3.05) is 19.7 Å². The summed E-state index contributed by atoms with van der Waals surface area (Å²) in [6, 6.07) is 0. The van der Waals surface area contributed by atoms with Crippen molar-refractivity contribution in [1.82, 2.24) is 4.31 Å².